The number of aliphatic hydroxyl groups is 1. The molecule has 2 heterocycles. The zero-order valence-corrected chi connectivity index (χ0v) is 12.4. The van der Waals surface area contributed by atoms with Crippen LogP contribution in [0.25, 0.3) is 5.65 Å². The summed E-state index contributed by atoms with van der Waals surface area (Å²) in [5.74, 6) is 0.531. The first-order chi connectivity index (χ1) is 10.8. The van der Waals surface area contributed by atoms with Gasteiger partial charge in [0.15, 0.2) is 0 Å². The van der Waals surface area contributed by atoms with Gasteiger partial charge in [-0.05, 0) is 18.1 Å². The van der Waals surface area contributed by atoms with Crippen molar-refractivity contribution in [2.75, 3.05) is 0 Å². The fourth-order valence-electron chi connectivity index (χ4n) is 3.15. The number of imidazole rings is 1. The maximum Gasteiger partial charge on any atom is 0.258 e. The van der Waals surface area contributed by atoms with E-state index in [0.29, 0.717) is 11.5 Å². The highest BCUT2D eigenvalue weighted by Gasteiger charge is 2.24. The Labute approximate surface area is 128 Å². The number of aromatic nitrogens is 3. The summed E-state index contributed by atoms with van der Waals surface area (Å²) in [5, 5.41) is 9.48. The van der Waals surface area contributed by atoms with Crippen LogP contribution in [0.15, 0.2) is 36.7 Å². The summed E-state index contributed by atoms with van der Waals surface area (Å²) in [6.45, 7) is 1.83. The van der Waals surface area contributed by atoms with Crippen LogP contribution < -0.4 is 4.74 Å². The number of hydrogen-bond donors (Lipinski definition) is 1. The van der Waals surface area contributed by atoms with Gasteiger partial charge in [-0.25, -0.2) is 9.97 Å². The van der Waals surface area contributed by atoms with Crippen molar-refractivity contribution < 1.29 is 9.84 Å². The highest BCUT2D eigenvalue weighted by atomic mass is 16.5. The lowest BCUT2D eigenvalue weighted by Gasteiger charge is -2.12. The van der Waals surface area contributed by atoms with Crippen LogP contribution in [0.4, 0.5) is 0 Å². The first kappa shape index (κ1) is 13.3. The average Bonchev–Trinajstić information content (AvgIpc) is 3.07. The van der Waals surface area contributed by atoms with Crippen molar-refractivity contribution in [2.24, 2.45) is 0 Å². The molecule has 0 unspecified atom stereocenters. The highest BCUT2D eigenvalue weighted by Crippen LogP contribution is 2.27. The van der Waals surface area contributed by atoms with E-state index < -0.39 is 0 Å². The molecule has 0 radical (unpaired) electrons. The van der Waals surface area contributed by atoms with E-state index in [9.17, 15) is 5.11 Å². The summed E-state index contributed by atoms with van der Waals surface area (Å²) in [6, 6.07) is 8.42. The molecular weight excluding hydrogens is 278 g/mol. The van der Waals surface area contributed by atoms with Gasteiger partial charge in [0, 0.05) is 25.2 Å². The first-order valence-corrected chi connectivity index (χ1v) is 7.43. The number of ether oxygens (including phenoxy) is 1. The predicted molar refractivity (Wildman–Crippen MR) is 81.9 cm³/mol. The van der Waals surface area contributed by atoms with Gasteiger partial charge in [0.25, 0.3) is 5.88 Å². The van der Waals surface area contributed by atoms with E-state index in [1.807, 2.05) is 11.3 Å². The highest BCUT2D eigenvalue weighted by molar-refractivity contribution is 5.52. The molecule has 2 aromatic heterocycles. The number of aryl methyl sites for hydroxylation is 1. The fraction of sp³-hybridized carbons (Fsp3) is 0.294. The number of nitrogens with zero attached hydrogens (tertiary/aromatic N) is 3. The van der Waals surface area contributed by atoms with Gasteiger partial charge >= 0.3 is 0 Å². The lowest BCUT2D eigenvalue weighted by Crippen LogP contribution is -2.17. The molecule has 3 aromatic rings. The normalized spacial score (nSPS) is 14.5. The maximum absolute atomic E-state index is 9.48. The third-order valence-electron chi connectivity index (χ3n) is 4.25. The van der Waals surface area contributed by atoms with E-state index >= 15 is 0 Å². The Morgan fingerprint density at radius 3 is 2.68 bits per heavy atom. The molecule has 112 valence electrons. The number of rotatable bonds is 3. The van der Waals surface area contributed by atoms with E-state index in [4.69, 9.17) is 4.74 Å². The van der Waals surface area contributed by atoms with Gasteiger partial charge in [0.2, 0.25) is 5.65 Å². The molecule has 0 fully saturated rings. The van der Waals surface area contributed by atoms with Crippen LogP contribution in [0.5, 0.6) is 5.88 Å². The molecule has 1 aromatic carbocycles. The quantitative estimate of drug-likeness (QED) is 0.803. The van der Waals surface area contributed by atoms with Gasteiger partial charge in [-0.2, -0.15) is 0 Å². The SMILES string of the molecule is Cc1nc2c(OC3Cc4ccccc4C3)nccn2c1CO. The van der Waals surface area contributed by atoms with Gasteiger partial charge in [-0.15, -0.1) is 0 Å². The molecular formula is C17H17N3O2. The van der Waals surface area contributed by atoms with E-state index in [1.165, 1.54) is 11.1 Å². The Balaban J connectivity index is 1.66. The smallest absolute Gasteiger partial charge is 0.258 e. The molecule has 0 atom stereocenters. The van der Waals surface area contributed by atoms with Crippen LogP contribution in [-0.4, -0.2) is 25.6 Å². The van der Waals surface area contributed by atoms with Crippen LogP contribution in [0, 0.1) is 6.92 Å². The Morgan fingerprint density at radius 1 is 1.27 bits per heavy atom. The molecule has 0 saturated carbocycles. The van der Waals surface area contributed by atoms with Crippen LogP contribution in [0.3, 0.4) is 0 Å². The molecule has 1 aliphatic rings. The third-order valence-corrected chi connectivity index (χ3v) is 4.25. The van der Waals surface area contributed by atoms with Crippen LogP contribution >= 0.6 is 0 Å². The van der Waals surface area contributed by atoms with Gasteiger partial charge in [0.05, 0.1) is 18.0 Å². The standard InChI is InChI=1S/C17H17N3O2/c1-11-15(10-21)20-7-6-18-17(16(20)19-11)22-14-8-12-4-2-3-5-13(12)9-14/h2-7,14,21H,8-10H2,1H3. The summed E-state index contributed by atoms with van der Waals surface area (Å²) >= 11 is 0. The molecule has 1 N–H and O–H groups in total. The van der Waals surface area contributed by atoms with E-state index in [2.05, 4.69) is 34.2 Å². The molecule has 4 rings (SSSR count). The minimum atomic E-state index is -0.0503. The zero-order valence-electron chi connectivity index (χ0n) is 12.4. The van der Waals surface area contributed by atoms with Crippen molar-refractivity contribution in [1.82, 2.24) is 14.4 Å². The fourth-order valence-corrected chi connectivity index (χ4v) is 3.15. The Hall–Kier alpha value is -2.40. The number of aliphatic hydroxyl groups excluding tert-OH is 1. The Kier molecular flexibility index (Phi) is 3.08. The topological polar surface area (TPSA) is 59.7 Å². The van der Waals surface area contributed by atoms with Crippen LogP contribution in [0.1, 0.15) is 22.5 Å². The minimum absolute atomic E-state index is 0.0503. The molecule has 5 nitrogen and oxygen atoms in total. The second kappa shape index (κ2) is 5.10. The van der Waals surface area contributed by atoms with Crippen LogP contribution in [-0.2, 0) is 19.4 Å². The van der Waals surface area contributed by atoms with Gasteiger partial charge < -0.3 is 9.84 Å². The lowest BCUT2D eigenvalue weighted by molar-refractivity contribution is 0.206. The second-order valence-electron chi connectivity index (χ2n) is 5.64. The Morgan fingerprint density at radius 2 is 2.00 bits per heavy atom. The second-order valence-corrected chi connectivity index (χ2v) is 5.64. The van der Waals surface area contributed by atoms with E-state index in [0.717, 1.165) is 24.2 Å². The summed E-state index contributed by atoms with van der Waals surface area (Å²) in [5.41, 5.74) is 4.93. The van der Waals surface area contributed by atoms with Crippen molar-refractivity contribution in [3.63, 3.8) is 0 Å². The molecule has 0 spiro atoms. The summed E-state index contributed by atoms with van der Waals surface area (Å²) in [6.07, 6.45) is 5.37. The molecule has 0 saturated heterocycles. The average molecular weight is 295 g/mol. The molecule has 1 aliphatic carbocycles. The van der Waals surface area contributed by atoms with Crippen LogP contribution in [0.2, 0.25) is 0 Å². The predicted octanol–water partition coefficient (Wildman–Crippen LogP) is 2.08. The van der Waals surface area contributed by atoms with Gasteiger partial charge in [-0.3, -0.25) is 4.40 Å². The monoisotopic (exact) mass is 295 g/mol. The molecule has 22 heavy (non-hydrogen) atoms. The number of fused-ring (bicyclic) bond motifs is 2. The molecule has 0 bridgehead atoms. The largest absolute Gasteiger partial charge is 0.471 e. The van der Waals surface area contributed by atoms with Crippen molar-refractivity contribution in [3.05, 3.63) is 59.2 Å². The zero-order chi connectivity index (χ0) is 15.1. The summed E-state index contributed by atoms with van der Waals surface area (Å²) in [7, 11) is 0. The summed E-state index contributed by atoms with van der Waals surface area (Å²) in [4.78, 5) is 8.83. The third kappa shape index (κ3) is 2.05. The molecule has 0 amide bonds. The van der Waals surface area contributed by atoms with Crippen molar-refractivity contribution >= 4 is 5.65 Å². The first-order valence-electron chi connectivity index (χ1n) is 7.43. The lowest BCUT2D eigenvalue weighted by atomic mass is 10.1. The van der Waals surface area contributed by atoms with Gasteiger partial charge in [0.1, 0.15) is 6.10 Å². The summed E-state index contributed by atoms with van der Waals surface area (Å²) < 4.78 is 7.95. The Bertz CT molecular complexity index is 816. The maximum atomic E-state index is 9.48. The number of hydrogen-bond acceptors (Lipinski definition) is 4. The van der Waals surface area contributed by atoms with Crippen molar-refractivity contribution in [2.45, 2.75) is 32.5 Å². The van der Waals surface area contributed by atoms with E-state index in [-0.39, 0.29) is 12.7 Å². The van der Waals surface area contributed by atoms with Crippen molar-refractivity contribution in [1.29, 1.82) is 0 Å². The minimum Gasteiger partial charge on any atom is -0.471 e. The molecule has 0 aliphatic heterocycles. The van der Waals surface area contributed by atoms with E-state index in [1.54, 1.807) is 12.4 Å². The number of benzene rings is 1. The van der Waals surface area contributed by atoms with Gasteiger partial charge in [-0.1, -0.05) is 24.3 Å². The molecule has 5 heteroatoms. The van der Waals surface area contributed by atoms with Crippen molar-refractivity contribution in [3.8, 4) is 5.88 Å².